The number of anilines is 1. The molecule has 3 aliphatic rings. The number of ether oxygens (including phenoxy) is 1. The van der Waals surface area contributed by atoms with Crippen molar-refractivity contribution in [3.05, 3.63) is 83.6 Å². The maximum atomic E-state index is 14.2. The van der Waals surface area contributed by atoms with Gasteiger partial charge in [0.2, 0.25) is 5.91 Å². The standard InChI is InChI=1S/C33H38F3N5O4/c1-5-14-40-26-20-41(31(43)28(26)29(37-32(40)44)22-10-6-7-11-23(22)33(34,35)36)25(19-21(2)3)30(42)39-17-15-38(16-18-39)24-12-8-9-13-27(24)45-4/h5-13,21,25,29H,1,14-20H2,2-4H3,(H,37,44). The van der Waals surface area contributed by atoms with Crippen molar-refractivity contribution in [2.24, 2.45) is 5.92 Å². The van der Waals surface area contributed by atoms with Crippen LogP contribution < -0.4 is 15.0 Å². The van der Waals surface area contributed by atoms with Crippen LogP contribution in [0.2, 0.25) is 0 Å². The topological polar surface area (TPSA) is 85.4 Å². The Morgan fingerprint density at radius 3 is 2.38 bits per heavy atom. The van der Waals surface area contributed by atoms with Gasteiger partial charge in [0, 0.05) is 32.7 Å². The third kappa shape index (κ3) is 6.23. The molecule has 2 atom stereocenters. The van der Waals surface area contributed by atoms with E-state index in [1.807, 2.05) is 38.1 Å². The fraction of sp³-hybridized carbons (Fsp3) is 0.424. The number of halogens is 3. The number of carbonyl (C=O) groups excluding carboxylic acids is 3. The van der Waals surface area contributed by atoms with Crippen LogP contribution in [0.25, 0.3) is 0 Å². The van der Waals surface area contributed by atoms with Crippen LogP contribution in [-0.2, 0) is 15.8 Å². The van der Waals surface area contributed by atoms with Crippen LogP contribution in [-0.4, -0.2) is 85.0 Å². The highest BCUT2D eigenvalue weighted by atomic mass is 19.4. The highest BCUT2D eigenvalue weighted by Gasteiger charge is 2.49. The van der Waals surface area contributed by atoms with E-state index < -0.39 is 35.8 Å². The van der Waals surface area contributed by atoms with Gasteiger partial charge in [-0.05, 0) is 36.1 Å². The second-order valence-corrected chi connectivity index (χ2v) is 11.8. The molecular weight excluding hydrogens is 587 g/mol. The Morgan fingerprint density at radius 1 is 1.07 bits per heavy atom. The van der Waals surface area contributed by atoms with Gasteiger partial charge < -0.3 is 24.8 Å². The van der Waals surface area contributed by atoms with Gasteiger partial charge in [-0.1, -0.05) is 50.3 Å². The van der Waals surface area contributed by atoms with Gasteiger partial charge in [0.25, 0.3) is 5.91 Å². The third-order valence-electron chi connectivity index (χ3n) is 8.51. The first kappa shape index (κ1) is 31.9. The summed E-state index contributed by atoms with van der Waals surface area (Å²) < 4.78 is 47.7. The van der Waals surface area contributed by atoms with Gasteiger partial charge in [-0.2, -0.15) is 13.2 Å². The molecule has 0 saturated carbocycles. The van der Waals surface area contributed by atoms with Gasteiger partial charge >= 0.3 is 12.2 Å². The number of alkyl halides is 3. The molecule has 0 bridgehead atoms. The van der Waals surface area contributed by atoms with Gasteiger partial charge in [0.05, 0.1) is 42.2 Å². The fourth-order valence-corrected chi connectivity index (χ4v) is 6.40. The number of nitrogens with one attached hydrogen (secondary N) is 1. The van der Waals surface area contributed by atoms with Gasteiger partial charge in [-0.3, -0.25) is 14.5 Å². The van der Waals surface area contributed by atoms with Crippen LogP contribution in [0.3, 0.4) is 0 Å². The molecule has 2 aromatic carbocycles. The first-order chi connectivity index (χ1) is 21.5. The Labute approximate surface area is 260 Å². The lowest BCUT2D eigenvalue weighted by atomic mass is 9.91. The first-order valence-electron chi connectivity index (χ1n) is 15.0. The molecule has 0 aliphatic carbocycles. The van der Waals surface area contributed by atoms with E-state index in [4.69, 9.17) is 4.74 Å². The number of rotatable bonds is 9. The number of hydrogen-bond donors (Lipinski definition) is 1. The van der Waals surface area contributed by atoms with Crippen molar-refractivity contribution >= 4 is 23.5 Å². The number of benzene rings is 2. The molecule has 1 fully saturated rings. The molecule has 4 amide bonds. The Morgan fingerprint density at radius 2 is 1.73 bits per heavy atom. The smallest absolute Gasteiger partial charge is 0.416 e. The molecule has 3 heterocycles. The second kappa shape index (κ2) is 12.9. The number of para-hydroxylation sites is 2. The van der Waals surface area contributed by atoms with Crippen molar-refractivity contribution in [3.8, 4) is 5.75 Å². The van der Waals surface area contributed by atoms with Gasteiger partial charge in [-0.15, -0.1) is 6.58 Å². The maximum absolute atomic E-state index is 14.2. The molecule has 1 N–H and O–H groups in total. The van der Waals surface area contributed by atoms with Crippen LogP contribution in [0.1, 0.15) is 37.4 Å². The summed E-state index contributed by atoms with van der Waals surface area (Å²) in [4.78, 5) is 48.3. The van der Waals surface area contributed by atoms with Crippen molar-refractivity contribution in [3.63, 3.8) is 0 Å². The van der Waals surface area contributed by atoms with E-state index in [0.717, 1.165) is 17.5 Å². The molecule has 240 valence electrons. The van der Waals surface area contributed by atoms with E-state index in [1.54, 1.807) is 12.0 Å². The molecule has 12 heteroatoms. The number of piperazine rings is 1. The number of nitrogens with zero attached hydrogens (tertiary/aromatic N) is 4. The summed E-state index contributed by atoms with van der Waals surface area (Å²) >= 11 is 0. The van der Waals surface area contributed by atoms with Crippen molar-refractivity contribution < 1.29 is 32.3 Å². The SMILES string of the molecule is C=CCN1C(=O)NC(c2ccccc2C(F)(F)F)C2=C1CN(C(CC(C)C)C(=O)N1CCN(c3ccccc3OC)CC1)C2=O. The van der Waals surface area contributed by atoms with Crippen LogP contribution in [0, 0.1) is 5.92 Å². The van der Waals surface area contributed by atoms with Crippen LogP contribution in [0.5, 0.6) is 5.75 Å². The molecule has 9 nitrogen and oxygen atoms in total. The van der Waals surface area contributed by atoms with Crippen LogP contribution >= 0.6 is 0 Å². The summed E-state index contributed by atoms with van der Waals surface area (Å²) in [6.07, 6.45) is -2.87. The zero-order valence-corrected chi connectivity index (χ0v) is 25.6. The van der Waals surface area contributed by atoms with E-state index in [0.29, 0.717) is 32.6 Å². The zero-order valence-electron chi connectivity index (χ0n) is 25.6. The summed E-state index contributed by atoms with van der Waals surface area (Å²) in [7, 11) is 1.61. The predicted octanol–water partition coefficient (Wildman–Crippen LogP) is 4.83. The quantitative estimate of drug-likeness (QED) is 0.404. The summed E-state index contributed by atoms with van der Waals surface area (Å²) in [6.45, 7) is 9.54. The molecule has 3 aliphatic heterocycles. The van der Waals surface area contributed by atoms with Crippen molar-refractivity contribution in [1.82, 2.24) is 20.0 Å². The Balaban J connectivity index is 1.44. The molecule has 0 spiro atoms. The Kier molecular flexibility index (Phi) is 9.13. The lowest BCUT2D eigenvalue weighted by molar-refractivity contribution is -0.144. The van der Waals surface area contributed by atoms with Crippen molar-refractivity contribution in [1.29, 1.82) is 0 Å². The normalized spacial score (nSPS) is 19.6. The number of hydrogen-bond acceptors (Lipinski definition) is 5. The van der Waals surface area contributed by atoms with Crippen LogP contribution in [0.4, 0.5) is 23.7 Å². The van der Waals surface area contributed by atoms with Crippen molar-refractivity contribution in [2.75, 3.05) is 51.3 Å². The minimum atomic E-state index is -4.70. The lowest BCUT2D eigenvalue weighted by Crippen LogP contribution is -2.56. The summed E-state index contributed by atoms with van der Waals surface area (Å²) in [6, 6.07) is 9.77. The first-order valence-corrected chi connectivity index (χ1v) is 15.0. The van der Waals surface area contributed by atoms with Gasteiger partial charge in [0.1, 0.15) is 11.8 Å². The average molecular weight is 626 g/mol. The molecule has 0 radical (unpaired) electrons. The summed E-state index contributed by atoms with van der Waals surface area (Å²) in [5.74, 6) is -0.0146. The average Bonchev–Trinajstić information content (AvgIpc) is 3.36. The van der Waals surface area contributed by atoms with E-state index in [9.17, 15) is 27.6 Å². The largest absolute Gasteiger partial charge is 0.495 e. The highest BCUT2D eigenvalue weighted by Crippen LogP contribution is 2.42. The Hall–Kier alpha value is -4.48. The number of methoxy groups -OCH3 is 1. The predicted molar refractivity (Wildman–Crippen MR) is 163 cm³/mol. The molecule has 0 aromatic heterocycles. The molecule has 1 saturated heterocycles. The van der Waals surface area contributed by atoms with E-state index in [-0.39, 0.29) is 41.7 Å². The van der Waals surface area contributed by atoms with E-state index >= 15 is 0 Å². The maximum Gasteiger partial charge on any atom is 0.416 e. The third-order valence-corrected chi connectivity index (χ3v) is 8.51. The number of amides is 4. The molecule has 5 rings (SSSR count). The van der Waals surface area contributed by atoms with Crippen LogP contribution in [0.15, 0.2) is 72.5 Å². The zero-order chi connectivity index (χ0) is 32.5. The highest BCUT2D eigenvalue weighted by molar-refractivity contribution is 6.03. The number of carbonyl (C=O) groups is 3. The molecule has 45 heavy (non-hydrogen) atoms. The fourth-order valence-electron chi connectivity index (χ4n) is 6.40. The van der Waals surface area contributed by atoms with Gasteiger partial charge in [-0.25, -0.2) is 4.79 Å². The Bertz CT molecular complexity index is 1500. The molecule has 2 unspecified atom stereocenters. The van der Waals surface area contributed by atoms with Crippen molar-refractivity contribution in [2.45, 2.75) is 38.5 Å². The summed E-state index contributed by atoms with van der Waals surface area (Å²) in [5.41, 5.74) is 0.0951. The number of urea groups is 1. The van der Waals surface area contributed by atoms with E-state index in [2.05, 4.69) is 16.8 Å². The van der Waals surface area contributed by atoms with E-state index in [1.165, 1.54) is 34.1 Å². The minimum Gasteiger partial charge on any atom is -0.495 e. The lowest BCUT2D eigenvalue weighted by Gasteiger charge is -2.40. The monoisotopic (exact) mass is 625 g/mol. The van der Waals surface area contributed by atoms with Gasteiger partial charge in [0.15, 0.2) is 0 Å². The molecule has 2 aromatic rings. The minimum absolute atomic E-state index is 0.0324. The second-order valence-electron chi connectivity index (χ2n) is 11.8. The summed E-state index contributed by atoms with van der Waals surface area (Å²) in [5, 5.41) is 2.63. The molecular formula is C33H38F3N5O4.